The molecule has 3 nitrogen and oxygen atoms in total. The molecule has 18 heavy (non-hydrogen) atoms. The predicted octanol–water partition coefficient (Wildman–Crippen LogP) is 2.85. The third-order valence-electron chi connectivity index (χ3n) is 3.42. The number of hydrogen-bond donors (Lipinski definition) is 1. The lowest BCUT2D eigenvalue weighted by Gasteiger charge is -2.26. The van der Waals surface area contributed by atoms with Crippen molar-refractivity contribution in [3.63, 3.8) is 0 Å². The zero-order chi connectivity index (χ0) is 13.1. The Morgan fingerprint density at radius 1 is 1.50 bits per heavy atom. The topological polar surface area (TPSA) is 40.5 Å². The Labute approximate surface area is 112 Å². The maximum atomic E-state index is 11.2. The largest absolute Gasteiger partial charge is 0.480 e. The monoisotopic (exact) mass is 265 g/mol. The average Bonchev–Trinajstić information content (AvgIpc) is 3.19. The first kappa shape index (κ1) is 13.4. The molecule has 1 saturated carbocycles. The van der Waals surface area contributed by atoms with Crippen LogP contribution in [0, 0.1) is 0 Å². The van der Waals surface area contributed by atoms with Gasteiger partial charge in [0.2, 0.25) is 0 Å². The number of rotatable bonds is 6. The Morgan fingerprint density at radius 3 is 2.72 bits per heavy atom. The van der Waals surface area contributed by atoms with E-state index < -0.39 is 12.0 Å². The normalized spacial score (nSPS) is 16.8. The molecule has 0 radical (unpaired) electrons. The average molecular weight is 265 g/mol. The third kappa shape index (κ3) is 3.06. The van der Waals surface area contributed by atoms with Gasteiger partial charge >= 0.3 is 5.97 Å². The van der Waals surface area contributed by atoms with Gasteiger partial charge in [-0.2, -0.15) is 0 Å². The van der Waals surface area contributed by atoms with Crippen molar-refractivity contribution in [1.29, 1.82) is 0 Å². The minimum atomic E-state index is -0.733. The van der Waals surface area contributed by atoms with Crippen LogP contribution in [0.15, 0.2) is 29.2 Å². The van der Waals surface area contributed by atoms with Crippen LogP contribution in [-0.2, 0) is 11.3 Å². The van der Waals surface area contributed by atoms with Gasteiger partial charge in [-0.3, -0.25) is 9.69 Å². The SMILES string of the molecule is CSc1ccccc1CN(C1CC1)C(C)C(=O)O. The summed E-state index contributed by atoms with van der Waals surface area (Å²) in [5, 5.41) is 9.19. The van der Waals surface area contributed by atoms with Gasteiger partial charge in [0.05, 0.1) is 0 Å². The Bertz CT molecular complexity index is 432. The summed E-state index contributed by atoms with van der Waals surface area (Å²) < 4.78 is 0. The van der Waals surface area contributed by atoms with Crippen molar-refractivity contribution in [2.45, 2.75) is 43.3 Å². The molecule has 1 unspecified atom stereocenters. The summed E-state index contributed by atoms with van der Waals surface area (Å²) in [7, 11) is 0. The lowest BCUT2D eigenvalue weighted by molar-refractivity contribution is -0.143. The first-order valence-electron chi connectivity index (χ1n) is 6.24. The molecule has 0 bridgehead atoms. The van der Waals surface area contributed by atoms with E-state index in [0.29, 0.717) is 6.04 Å². The number of benzene rings is 1. The molecular formula is C14H19NO2S. The van der Waals surface area contributed by atoms with Crippen LogP contribution in [0.3, 0.4) is 0 Å². The van der Waals surface area contributed by atoms with Crippen LogP contribution >= 0.6 is 11.8 Å². The maximum absolute atomic E-state index is 11.2. The lowest BCUT2D eigenvalue weighted by Crippen LogP contribution is -2.40. The van der Waals surface area contributed by atoms with E-state index in [1.54, 1.807) is 18.7 Å². The van der Waals surface area contributed by atoms with Gasteiger partial charge in [0, 0.05) is 17.5 Å². The van der Waals surface area contributed by atoms with Gasteiger partial charge < -0.3 is 5.11 Å². The van der Waals surface area contributed by atoms with Crippen LogP contribution in [0.5, 0.6) is 0 Å². The standard InChI is InChI=1S/C14H19NO2S/c1-10(14(16)17)15(12-7-8-12)9-11-5-3-4-6-13(11)18-2/h3-6,10,12H,7-9H2,1-2H3,(H,16,17). The molecule has 0 amide bonds. The van der Waals surface area contributed by atoms with Crippen LogP contribution in [0.1, 0.15) is 25.3 Å². The summed E-state index contributed by atoms with van der Waals surface area (Å²) in [5.41, 5.74) is 1.23. The van der Waals surface area contributed by atoms with Crippen molar-refractivity contribution in [1.82, 2.24) is 4.90 Å². The molecule has 1 atom stereocenters. The first-order chi connectivity index (χ1) is 8.63. The number of nitrogens with zero attached hydrogens (tertiary/aromatic N) is 1. The van der Waals surface area contributed by atoms with Crippen LogP contribution < -0.4 is 0 Å². The third-order valence-corrected chi connectivity index (χ3v) is 4.25. The second-order valence-corrected chi connectivity index (χ2v) is 5.58. The molecule has 1 fully saturated rings. The van der Waals surface area contributed by atoms with Gasteiger partial charge in [-0.25, -0.2) is 0 Å². The Hall–Kier alpha value is -1.00. The van der Waals surface area contributed by atoms with Gasteiger partial charge in [0.15, 0.2) is 0 Å². The molecular weight excluding hydrogens is 246 g/mol. The lowest BCUT2D eigenvalue weighted by atomic mass is 10.1. The zero-order valence-electron chi connectivity index (χ0n) is 10.8. The van der Waals surface area contributed by atoms with Gasteiger partial charge in [0.25, 0.3) is 0 Å². The number of aliphatic carboxylic acids is 1. The number of carboxylic acid groups (broad SMARTS) is 1. The Kier molecular flexibility index (Phi) is 4.30. The first-order valence-corrected chi connectivity index (χ1v) is 7.46. The van der Waals surface area contributed by atoms with Crippen molar-refractivity contribution < 1.29 is 9.90 Å². The molecule has 0 heterocycles. The molecule has 0 saturated heterocycles. The summed E-state index contributed by atoms with van der Waals surface area (Å²) in [4.78, 5) is 14.5. The summed E-state index contributed by atoms with van der Waals surface area (Å²) in [6.45, 7) is 2.51. The highest BCUT2D eigenvalue weighted by Crippen LogP contribution is 2.32. The van der Waals surface area contributed by atoms with E-state index in [2.05, 4.69) is 23.3 Å². The Balaban J connectivity index is 2.15. The fourth-order valence-electron chi connectivity index (χ4n) is 2.16. The van der Waals surface area contributed by atoms with E-state index >= 15 is 0 Å². The maximum Gasteiger partial charge on any atom is 0.320 e. The zero-order valence-corrected chi connectivity index (χ0v) is 11.6. The van der Waals surface area contributed by atoms with E-state index in [9.17, 15) is 9.90 Å². The summed E-state index contributed by atoms with van der Waals surface area (Å²) in [6.07, 6.45) is 4.30. The molecule has 1 aliphatic rings. The van der Waals surface area contributed by atoms with E-state index in [1.165, 1.54) is 10.5 Å². The van der Waals surface area contributed by atoms with Crippen LogP contribution in [0.2, 0.25) is 0 Å². The van der Waals surface area contributed by atoms with Gasteiger partial charge in [-0.15, -0.1) is 11.8 Å². The van der Waals surface area contributed by atoms with Crippen molar-refractivity contribution in [2.24, 2.45) is 0 Å². The molecule has 0 spiro atoms. The van der Waals surface area contributed by atoms with E-state index in [1.807, 2.05) is 12.1 Å². The van der Waals surface area contributed by atoms with Crippen molar-refractivity contribution in [3.05, 3.63) is 29.8 Å². The smallest absolute Gasteiger partial charge is 0.320 e. The second kappa shape index (κ2) is 5.76. The van der Waals surface area contributed by atoms with E-state index in [-0.39, 0.29) is 0 Å². The molecule has 0 aromatic heterocycles. The predicted molar refractivity (Wildman–Crippen MR) is 73.9 cm³/mol. The number of hydrogen-bond acceptors (Lipinski definition) is 3. The van der Waals surface area contributed by atoms with Crippen LogP contribution in [-0.4, -0.2) is 34.3 Å². The summed E-state index contributed by atoms with van der Waals surface area (Å²) in [5.74, 6) is -0.733. The van der Waals surface area contributed by atoms with Gasteiger partial charge in [-0.05, 0) is 37.7 Å². The molecule has 1 N–H and O–H groups in total. The summed E-state index contributed by atoms with van der Waals surface area (Å²) >= 11 is 1.72. The number of carbonyl (C=O) groups is 1. The highest BCUT2D eigenvalue weighted by Gasteiger charge is 2.35. The van der Waals surface area contributed by atoms with Gasteiger partial charge in [0.1, 0.15) is 6.04 Å². The fourth-order valence-corrected chi connectivity index (χ4v) is 2.77. The summed E-state index contributed by atoms with van der Waals surface area (Å²) in [6, 6.07) is 8.27. The highest BCUT2D eigenvalue weighted by molar-refractivity contribution is 7.98. The molecule has 98 valence electrons. The van der Waals surface area contributed by atoms with Gasteiger partial charge in [-0.1, -0.05) is 18.2 Å². The van der Waals surface area contributed by atoms with Crippen molar-refractivity contribution in [2.75, 3.05) is 6.26 Å². The molecule has 1 aliphatic carbocycles. The minimum Gasteiger partial charge on any atom is -0.480 e. The van der Waals surface area contributed by atoms with E-state index in [0.717, 1.165) is 19.4 Å². The molecule has 0 aliphatic heterocycles. The molecule has 2 rings (SSSR count). The Morgan fingerprint density at radius 2 is 2.17 bits per heavy atom. The fraction of sp³-hybridized carbons (Fsp3) is 0.500. The van der Waals surface area contributed by atoms with Crippen molar-refractivity contribution >= 4 is 17.7 Å². The molecule has 4 heteroatoms. The molecule has 1 aromatic carbocycles. The van der Waals surface area contributed by atoms with Crippen LogP contribution in [0.4, 0.5) is 0 Å². The quantitative estimate of drug-likeness (QED) is 0.803. The van der Waals surface area contributed by atoms with Crippen molar-refractivity contribution in [3.8, 4) is 0 Å². The second-order valence-electron chi connectivity index (χ2n) is 4.73. The number of thioether (sulfide) groups is 1. The molecule has 1 aromatic rings. The minimum absolute atomic E-state index is 0.410. The van der Waals surface area contributed by atoms with Crippen LogP contribution in [0.25, 0.3) is 0 Å². The van der Waals surface area contributed by atoms with E-state index in [4.69, 9.17) is 0 Å². The highest BCUT2D eigenvalue weighted by atomic mass is 32.2. The number of carboxylic acids is 1.